The van der Waals surface area contributed by atoms with Crippen LogP contribution in [0.4, 0.5) is 22.7 Å². The molecule has 0 fully saturated rings. The maximum Gasteiger partial charge on any atom is 0.269 e. The van der Waals surface area contributed by atoms with Crippen molar-refractivity contribution >= 4 is 93.4 Å². The number of fused-ring (bicyclic) bond motifs is 8. The fraction of sp³-hybridized carbons (Fsp3) is 0.412. The molecule has 1 aliphatic heterocycles. The highest BCUT2D eigenvalue weighted by atomic mass is 32.2. The molecular weight excluding hydrogens is 1220 g/mol. The number of nitrogens with zero attached hydrogens (tertiary/aromatic N) is 4. The number of nitro groups is 2. The molecule has 0 spiro atoms. The zero-order valence-corrected chi connectivity index (χ0v) is 57.5. The van der Waals surface area contributed by atoms with Gasteiger partial charge in [-0.2, -0.15) is 0 Å². The lowest BCUT2D eigenvalue weighted by Crippen LogP contribution is -2.34. The molecule has 90 heavy (non-hydrogen) atoms. The average Bonchev–Trinajstić information content (AvgIpc) is 0.789. The molecule has 0 radical (unpaired) electrons. The van der Waals surface area contributed by atoms with Gasteiger partial charge < -0.3 is 39.4 Å². The smallest absolute Gasteiger partial charge is 0.269 e. The lowest BCUT2D eigenvalue weighted by molar-refractivity contribution is -0.385. The Bertz CT molecular complexity index is 3320. The van der Waals surface area contributed by atoms with Crippen LogP contribution in [0.25, 0.3) is 0 Å². The van der Waals surface area contributed by atoms with E-state index in [0.717, 1.165) is 22.3 Å². The molecule has 18 nitrogen and oxygen atoms in total. The summed E-state index contributed by atoms with van der Waals surface area (Å²) in [5, 5.41) is 28.7. The number of anilines is 2. The summed E-state index contributed by atoms with van der Waals surface area (Å²) in [6, 6.07) is 27.5. The lowest BCUT2D eigenvalue weighted by atomic mass is 9.87. The summed E-state index contributed by atoms with van der Waals surface area (Å²) in [6.07, 6.45) is 0. The van der Waals surface area contributed by atoms with Gasteiger partial charge in [0.05, 0.1) is 49.0 Å². The molecule has 22 heteroatoms. The topological polar surface area (TPSA) is 222 Å². The second-order valence-corrected chi connectivity index (χ2v) is 29.9. The summed E-state index contributed by atoms with van der Waals surface area (Å²) in [5.41, 5.74) is 2.20. The lowest BCUT2D eigenvalue weighted by Gasteiger charge is -2.28. The Morgan fingerprint density at radius 2 is 0.600 bits per heavy atom. The number of hydrogen-bond donors (Lipinski definition) is 2. The molecule has 2 N–H and O–H groups in total. The first kappa shape index (κ1) is 70.1. The molecule has 4 amide bonds. The number of benzene rings is 6. The van der Waals surface area contributed by atoms with E-state index < -0.39 is 56.5 Å². The second kappa shape index (κ2) is 29.3. The van der Waals surface area contributed by atoms with Crippen molar-refractivity contribution in [2.24, 2.45) is 0 Å². The van der Waals surface area contributed by atoms with Crippen molar-refractivity contribution in [2.45, 2.75) is 172 Å². The van der Waals surface area contributed by atoms with Crippen molar-refractivity contribution in [1.82, 2.24) is 9.80 Å². The van der Waals surface area contributed by atoms with Crippen molar-refractivity contribution in [3.8, 4) is 23.0 Å². The summed E-state index contributed by atoms with van der Waals surface area (Å²) in [7, 11) is 0. The van der Waals surface area contributed by atoms with Crippen LogP contribution in [0.2, 0.25) is 0 Å². The average molecular weight is 1300 g/mol. The molecule has 1 aliphatic rings. The molecule has 0 aliphatic carbocycles. The zero-order chi connectivity index (χ0) is 66.2. The first-order valence-electron chi connectivity index (χ1n) is 29.8. The number of rotatable bonds is 20. The van der Waals surface area contributed by atoms with E-state index in [0.29, 0.717) is 99.7 Å². The van der Waals surface area contributed by atoms with Gasteiger partial charge >= 0.3 is 0 Å². The van der Waals surface area contributed by atoms with E-state index in [1.807, 2.05) is 52.0 Å². The van der Waals surface area contributed by atoms with Crippen LogP contribution in [0.15, 0.2) is 136 Å². The number of carbonyl (C=O) groups excluding carboxylic acids is 4. The number of non-ortho nitro benzene ring substituents is 2. The minimum absolute atomic E-state index is 0.132. The van der Waals surface area contributed by atoms with Crippen LogP contribution in [0, 0.1) is 20.2 Å². The van der Waals surface area contributed by atoms with E-state index in [2.05, 4.69) is 118 Å². The normalized spacial score (nSPS) is 12.5. The summed E-state index contributed by atoms with van der Waals surface area (Å²) >= 11 is 5.42. The molecule has 0 saturated heterocycles. The minimum atomic E-state index is -0.532. The van der Waals surface area contributed by atoms with Crippen molar-refractivity contribution in [3.05, 3.63) is 140 Å². The Labute approximate surface area is 545 Å². The predicted octanol–water partition coefficient (Wildman–Crippen LogP) is 16.1. The number of hydrogen-bond acceptors (Lipinski definition) is 16. The molecule has 8 bridgehead atoms. The van der Waals surface area contributed by atoms with Crippen LogP contribution in [-0.4, -0.2) is 95.9 Å². The van der Waals surface area contributed by atoms with E-state index in [9.17, 15) is 39.4 Å². The van der Waals surface area contributed by atoms with Crippen LogP contribution in [0.1, 0.15) is 133 Å². The number of likely N-dealkylation sites (N-methyl/N-ethyl adjacent to an activating group) is 2. The number of amides is 4. The quantitative estimate of drug-likeness (QED) is 0.0535. The second-order valence-electron chi connectivity index (χ2n) is 25.6. The van der Waals surface area contributed by atoms with E-state index in [1.165, 1.54) is 95.6 Å². The first-order valence-corrected chi connectivity index (χ1v) is 33.1. The SMILES string of the molecule is CCN(CC)C(=O)COc1c2cc(C(C)(C)C)cc1Sc1cc(C(C)(C)C)cc(c1OCC(=O)Nc1ccc([N+](=O)[O-])cc1)Sc1cc(C(C)(C)C)cc(c1OCC(=O)N(CC)CC)Sc1cc(C(C)(C)C)cc(c1OCC(=O)Nc1ccc([N+](=O)[O-])cc1)S2. The number of carbonyl (C=O) groups is 4. The number of ether oxygens (including phenoxy) is 4. The van der Waals surface area contributed by atoms with Crippen molar-refractivity contribution in [2.75, 3.05) is 63.2 Å². The van der Waals surface area contributed by atoms with Gasteiger partial charge in [-0.15, -0.1) is 0 Å². The largest absolute Gasteiger partial charge is 0.481 e. The van der Waals surface area contributed by atoms with Crippen molar-refractivity contribution in [3.63, 3.8) is 0 Å². The fourth-order valence-corrected chi connectivity index (χ4v) is 14.1. The Hall–Kier alpha value is -7.40. The van der Waals surface area contributed by atoms with Crippen molar-refractivity contribution < 1.29 is 48.0 Å². The highest BCUT2D eigenvalue weighted by Crippen LogP contribution is 2.56. The van der Waals surface area contributed by atoms with E-state index >= 15 is 0 Å². The van der Waals surface area contributed by atoms with Crippen LogP contribution < -0.4 is 29.6 Å². The molecule has 0 atom stereocenters. The summed E-state index contributed by atoms with van der Waals surface area (Å²) < 4.78 is 27.5. The van der Waals surface area contributed by atoms with Gasteiger partial charge in [0.1, 0.15) is 23.0 Å². The maximum atomic E-state index is 14.1. The molecule has 7 rings (SSSR count). The summed E-state index contributed by atoms with van der Waals surface area (Å²) in [6.45, 7) is 33.2. The van der Waals surface area contributed by atoms with Gasteiger partial charge in [-0.3, -0.25) is 39.4 Å². The van der Waals surface area contributed by atoms with E-state index in [-0.39, 0.29) is 36.4 Å². The van der Waals surface area contributed by atoms with Crippen molar-refractivity contribution in [1.29, 1.82) is 0 Å². The first-order chi connectivity index (χ1) is 42.2. The third kappa shape index (κ3) is 18.0. The Morgan fingerprint density at radius 1 is 0.389 bits per heavy atom. The van der Waals surface area contributed by atoms with E-state index in [1.54, 1.807) is 9.80 Å². The zero-order valence-electron chi connectivity index (χ0n) is 54.2. The highest BCUT2D eigenvalue weighted by Gasteiger charge is 2.32. The van der Waals surface area contributed by atoms with Gasteiger partial charge in [-0.05, 0) is 144 Å². The highest BCUT2D eigenvalue weighted by molar-refractivity contribution is 8.01. The van der Waals surface area contributed by atoms with Gasteiger partial charge in [-0.25, -0.2) is 0 Å². The number of nitrogens with one attached hydrogen (secondary N) is 2. The molecule has 0 aromatic heterocycles. The maximum absolute atomic E-state index is 14.1. The summed E-state index contributed by atoms with van der Waals surface area (Å²) in [4.78, 5) is 86.9. The van der Waals surface area contributed by atoms with E-state index in [4.69, 9.17) is 18.9 Å². The summed E-state index contributed by atoms with van der Waals surface area (Å²) in [5.74, 6) is -0.0723. The third-order valence-electron chi connectivity index (χ3n) is 14.8. The number of nitro benzene ring substituents is 2. The van der Waals surface area contributed by atoms with Gasteiger partial charge in [0.15, 0.2) is 26.4 Å². The minimum Gasteiger partial charge on any atom is -0.481 e. The molecular formula is C68H82N6O12S4. The van der Waals surface area contributed by atoms with Gasteiger partial charge in [0, 0.05) is 61.8 Å². The molecule has 0 saturated carbocycles. The standard InChI is InChI=1S/C68H82N6O12S4/c1-17-71(18-2)59(77)39-85-63-53-33-43(67(11,12)13)34-54(63)88-50-30-42(66(8,9)10)32-52(62(50)84-38-58(76)70-46-23-27-48(28-24-46)74(81)82)90-56-36-44(68(14,15)16)35-55(64(56)86-40-60(78)72(19-3)20-4)89-51-31-41(65(5,6)7)29-49(87-53)61(51)83-37-57(75)69-45-21-25-47(26-22-45)73(79)80/h21-36H,17-20,37-40H2,1-16H3,(H,69,75)(H,70,76). The third-order valence-corrected chi connectivity index (χ3v) is 18.9. The monoisotopic (exact) mass is 1300 g/mol. The molecule has 480 valence electrons. The van der Waals surface area contributed by atoms with Crippen LogP contribution in [-0.2, 0) is 40.8 Å². The van der Waals surface area contributed by atoms with Crippen LogP contribution in [0.5, 0.6) is 23.0 Å². The predicted molar refractivity (Wildman–Crippen MR) is 358 cm³/mol. The Morgan fingerprint density at radius 3 is 0.789 bits per heavy atom. The van der Waals surface area contributed by atoms with Gasteiger partial charge in [0.25, 0.3) is 35.0 Å². The molecule has 0 unspecified atom stereocenters. The molecule has 6 aromatic rings. The Kier molecular flexibility index (Phi) is 22.8. The van der Waals surface area contributed by atoms with Gasteiger partial charge in [-0.1, -0.05) is 130 Å². The molecule has 1 heterocycles. The van der Waals surface area contributed by atoms with Gasteiger partial charge in [0.2, 0.25) is 0 Å². The van der Waals surface area contributed by atoms with Crippen LogP contribution in [0.3, 0.4) is 0 Å². The molecule has 6 aromatic carbocycles. The Balaban J connectivity index is 1.58. The van der Waals surface area contributed by atoms with Crippen LogP contribution >= 0.6 is 47.0 Å². The fourth-order valence-electron chi connectivity index (χ4n) is 9.29.